The van der Waals surface area contributed by atoms with Gasteiger partial charge in [-0.1, -0.05) is 72.5 Å². The molecule has 1 heterocycles. The lowest BCUT2D eigenvalue weighted by Gasteiger charge is -2.23. The second-order valence-corrected chi connectivity index (χ2v) is 9.76. The largest absolute Gasteiger partial charge is 0.337 e. The van der Waals surface area contributed by atoms with Crippen LogP contribution in [-0.4, -0.2) is 15.7 Å². The number of rotatable bonds is 5. The molecule has 0 aliphatic rings. The van der Waals surface area contributed by atoms with Crippen molar-refractivity contribution in [2.75, 3.05) is 6.16 Å². The Kier molecular flexibility index (Phi) is 4.33. The van der Waals surface area contributed by atoms with Crippen LogP contribution in [0.25, 0.3) is 0 Å². The van der Waals surface area contributed by atoms with Gasteiger partial charge in [0.05, 0.1) is 6.33 Å². The van der Waals surface area contributed by atoms with Crippen LogP contribution in [0.4, 0.5) is 0 Å². The Labute approximate surface area is 130 Å². The zero-order chi connectivity index (χ0) is 14.5. The van der Waals surface area contributed by atoms with E-state index in [0.29, 0.717) is 0 Å². The molecule has 1 aromatic heterocycles. The second kappa shape index (κ2) is 6.38. The first kappa shape index (κ1) is 14.2. The lowest BCUT2D eigenvalue weighted by Crippen LogP contribution is -2.20. The van der Waals surface area contributed by atoms with Gasteiger partial charge in [0.2, 0.25) is 0 Å². The summed E-state index contributed by atoms with van der Waals surface area (Å²) in [5, 5.41) is 2.57. The molecule has 3 rings (SSSR count). The summed E-state index contributed by atoms with van der Waals surface area (Å²) in [7, 11) is 0. The minimum absolute atomic E-state index is 0.904. The molecule has 0 atom stereocenters. The average Bonchev–Trinajstić information content (AvgIpc) is 3.08. The first-order chi connectivity index (χ1) is 10.3. The van der Waals surface area contributed by atoms with Gasteiger partial charge in [0.25, 0.3) is 0 Å². The van der Waals surface area contributed by atoms with E-state index in [1.807, 2.05) is 30.9 Å². The smallest absolute Gasteiger partial charge is 0.0946 e. The first-order valence-electron chi connectivity index (χ1n) is 6.95. The highest BCUT2D eigenvalue weighted by Gasteiger charge is 2.21. The van der Waals surface area contributed by atoms with E-state index in [2.05, 4.69) is 58.1 Å². The average molecular weight is 312 g/mol. The quantitative estimate of drug-likeness (QED) is 0.674. The third-order valence-electron chi connectivity index (χ3n) is 3.58. The molecule has 0 saturated carbocycles. The molecule has 0 amide bonds. The van der Waals surface area contributed by atoms with Gasteiger partial charge in [0, 0.05) is 31.1 Å². The molecule has 0 aliphatic carbocycles. The van der Waals surface area contributed by atoms with Gasteiger partial charge in [-0.2, -0.15) is 0 Å². The SMILES string of the molecule is S=P(CCn1ccnc1)(c1ccccc1)c1ccccc1. The molecule has 4 heteroatoms. The third-order valence-corrected chi connectivity index (χ3v) is 8.49. The molecule has 0 fully saturated rings. The fourth-order valence-corrected chi connectivity index (χ4v) is 6.03. The number of hydrogen-bond acceptors (Lipinski definition) is 2. The van der Waals surface area contributed by atoms with Crippen LogP contribution in [0.5, 0.6) is 0 Å². The second-order valence-electron chi connectivity index (χ2n) is 4.93. The number of nitrogens with zero attached hydrogens (tertiary/aromatic N) is 2. The van der Waals surface area contributed by atoms with E-state index in [4.69, 9.17) is 11.8 Å². The molecule has 3 aromatic rings. The zero-order valence-electron chi connectivity index (χ0n) is 11.7. The summed E-state index contributed by atoms with van der Waals surface area (Å²) in [6.45, 7) is 0.904. The maximum Gasteiger partial charge on any atom is 0.0946 e. The summed E-state index contributed by atoms with van der Waals surface area (Å²) >= 11 is 6.19. The predicted molar refractivity (Wildman–Crippen MR) is 93.5 cm³/mol. The van der Waals surface area contributed by atoms with Crippen molar-refractivity contribution in [3.8, 4) is 0 Å². The zero-order valence-corrected chi connectivity index (χ0v) is 13.4. The summed E-state index contributed by atoms with van der Waals surface area (Å²) in [6, 6.07) is 19.3. The van der Waals surface area contributed by atoms with Crippen molar-refractivity contribution >= 4 is 28.5 Å². The molecule has 2 aromatic carbocycles. The lowest BCUT2D eigenvalue weighted by atomic mass is 10.4. The standard InChI is InChI=1S/C17H17N2PS/c21-20(16-7-3-1-4-8-16,17-9-5-2-6-10-17)14-13-19-12-11-18-15-19/h1-12,15H,13-14H2. The molecule has 0 aliphatic heterocycles. The molecule has 21 heavy (non-hydrogen) atoms. The molecule has 0 N–H and O–H groups in total. The minimum atomic E-state index is -1.78. The Morgan fingerprint density at radius 3 is 1.95 bits per heavy atom. The molecule has 0 bridgehead atoms. The van der Waals surface area contributed by atoms with Crippen LogP contribution in [0.1, 0.15) is 0 Å². The van der Waals surface area contributed by atoms with Crippen LogP contribution >= 0.6 is 6.04 Å². The molecule has 0 saturated heterocycles. The number of hydrogen-bond donors (Lipinski definition) is 0. The molecule has 0 unspecified atom stereocenters. The van der Waals surface area contributed by atoms with E-state index in [0.717, 1.165) is 12.7 Å². The van der Waals surface area contributed by atoms with Crippen LogP contribution in [0.3, 0.4) is 0 Å². The van der Waals surface area contributed by atoms with E-state index in [9.17, 15) is 0 Å². The van der Waals surface area contributed by atoms with Crippen LogP contribution in [0.2, 0.25) is 0 Å². The minimum Gasteiger partial charge on any atom is -0.337 e. The molecule has 106 valence electrons. The number of imidazole rings is 1. The fourth-order valence-electron chi connectivity index (χ4n) is 2.42. The lowest BCUT2D eigenvalue weighted by molar-refractivity contribution is 0.768. The maximum atomic E-state index is 6.19. The van der Waals surface area contributed by atoms with Gasteiger partial charge in [-0.25, -0.2) is 4.98 Å². The van der Waals surface area contributed by atoms with E-state index < -0.39 is 6.04 Å². The van der Waals surface area contributed by atoms with E-state index in [1.165, 1.54) is 10.6 Å². The van der Waals surface area contributed by atoms with Crippen molar-refractivity contribution in [3.63, 3.8) is 0 Å². The van der Waals surface area contributed by atoms with Crippen molar-refractivity contribution in [2.45, 2.75) is 6.54 Å². The van der Waals surface area contributed by atoms with Crippen LogP contribution in [0.15, 0.2) is 79.4 Å². The summed E-state index contributed by atoms with van der Waals surface area (Å²) < 4.78 is 2.10. The molecular formula is C17H17N2PS. The molecule has 0 spiro atoms. The van der Waals surface area contributed by atoms with Crippen molar-refractivity contribution in [2.24, 2.45) is 0 Å². The predicted octanol–water partition coefficient (Wildman–Crippen LogP) is 3.01. The Bertz CT molecular complexity index is 681. The van der Waals surface area contributed by atoms with Crippen molar-refractivity contribution < 1.29 is 0 Å². The molecule has 0 radical (unpaired) electrons. The van der Waals surface area contributed by atoms with Gasteiger partial charge < -0.3 is 4.57 Å². The summed E-state index contributed by atoms with van der Waals surface area (Å²) in [5.74, 6) is 0. The third kappa shape index (κ3) is 3.15. The fraction of sp³-hybridized carbons (Fsp3) is 0.118. The van der Waals surface area contributed by atoms with Crippen molar-refractivity contribution in [3.05, 3.63) is 79.4 Å². The monoisotopic (exact) mass is 312 g/mol. The van der Waals surface area contributed by atoms with Gasteiger partial charge in [0.1, 0.15) is 0 Å². The van der Waals surface area contributed by atoms with Gasteiger partial charge in [-0.3, -0.25) is 0 Å². The first-order valence-corrected chi connectivity index (χ1v) is 9.94. The van der Waals surface area contributed by atoms with Crippen molar-refractivity contribution in [1.29, 1.82) is 0 Å². The number of benzene rings is 2. The Morgan fingerprint density at radius 2 is 1.48 bits per heavy atom. The Morgan fingerprint density at radius 1 is 0.905 bits per heavy atom. The molecular weight excluding hydrogens is 295 g/mol. The number of aryl methyl sites for hydroxylation is 1. The Balaban J connectivity index is 1.97. The summed E-state index contributed by atoms with van der Waals surface area (Å²) in [6.07, 6.45) is 6.63. The van der Waals surface area contributed by atoms with Gasteiger partial charge >= 0.3 is 0 Å². The highest BCUT2D eigenvalue weighted by Crippen LogP contribution is 2.43. The van der Waals surface area contributed by atoms with Crippen molar-refractivity contribution in [1.82, 2.24) is 9.55 Å². The highest BCUT2D eigenvalue weighted by atomic mass is 32.4. The normalized spacial score (nSPS) is 11.4. The summed E-state index contributed by atoms with van der Waals surface area (Å²) in [5.41, 5.74) is 0. The topological polar surface area (TPSA) is 17.8 Å². The van der Waals surface area contributed by atoms with Crippen LogP contribution in [0, 0.1) is 0 Å². The van der Waals surface area contributed by atoms with E-state index in [1.54, 1.807) is 0 Å². The van der Waals surface area contributed by atoms with Crippen LogP contribution < -0.4 is 10.6 Å². The van der Waals surface area contributed by atoms with Gasteiger partial charge in [-0.15, -0.1) is 0 Å². The van der Waals surface area contributed by atoms with Crippen LogP contribution in [-0.2, 0) is 18.4 Å². The van der Waals surface area contributed by atoms with E-state index in [-0.39, 0.29) is 0 Å². The molecule has 2 nitrogen and oxygen atoms in total. The Hall–Kier alpha value is -1.70. The maximum absolute atomic E-state index is 6.19. The number of aromatic nitrogens is 2. The summed E-state index contributed by atoms with van der Waals surface area (Å²) in [4.78, 5) is 4.11. The van der Waals surface area contributed by atoms with E-state index >= 15 is 0 Å². The van der Waals surface area contributed by atoms with Gasteiger partial charge in [0.15, 0.2) is 0 Å². The van der Waals surface area contributed by atoms with Gasteiger partial charge in [-0.05, 0) is 10.6 Å². The highest BCUT2D eigenvalue weighted by molar-refractivity contribution is 8.21.